The van der Waals surface area contributed by atoms with Crippen LogP contribution in [0.1, 0.15) is 34.0 Å². The topological polar surface area (TPSA) is 73.9 Å². The highest BCUT2D eigenvalue weighted by atomic mass is 16.5. The number of hydrazine groups is 3. The van der Waals surface area contributed by atoms with Crippen LogP contribution >= 0.6 is 0 Å². The van der Waals surface area contributed by atoms with Gasteiger partial charge in [-0.25, -0.2) is 14.8 Å². The predicted molar refractivity (Wildman–Crippen MR) is 98.6 cm³/mol. The summed E-state index contributed by atoms with van der Waals surface area (Å²) in [6, 6.07) is 10.9. The van der Waals surface area contributed by atoms with Gasteiger partial charge < -0.3 is 4.74 Å². The lowest BCUT2D eigenvalue weighted by molar-refractivity contribution is 0.101. The molecule has 2 aromatic carbocycles. The van der Waals surface area contributed by atoms with Crippen LogP contribution in [0.4, 0.5) is 10.5 Å². The molecule has 1 aliphatic heterocycles. The number of urea groups is 1. The van der Waals surface area contributed by atoms with Crippen molar-refractivity contribution in [2.45, 2.75) is 27.4 Å². The molecule has 0 aliphatic carbocycles. The van der Waals surface area contributed by atoms with Crippen molar-refractivity contribution < 1.29 is 14.3 Å². The van der Waals surface area contributed by atoms with Gasteiger partial charge in [-0.05, 0) is 56.2 Å². The molecule has 26 heavy (non-hydrogen) atoms. The maximum Gasteiger partial charge on any atom is 0.355 e. The van der Waals surface area contributed by atoms with Crippen LogP contribution in [0.25, 0.3) is 0 Å². The molecule has 1 fully saturated rings. The van der Waals surface area contributed by atoms with Crippen LogP contribution in [-0.2, 0) is 6.61 Å². The van der Waals surface area contributed by atoms with Crippen LogP contribution in [0.5, 0.6) is 5.75 Å². The van der Waals surface area contributed by atoms with Crippen LogP contribution < -0.4 is 20.8 Å². The molecule has 136 valence electrons. The highest BCUT2D eigenvalue weighted by molar-refractivity contribution is 5.94. The van der Waals surface area contributed by atoms with E-state index in [4.69, 9.17) is 4.74 Å². The zero-order chi connectivity index (χ0) is 18.8. The van der Waals surface area contributed by atoms with Gasteiger partial charge in [0, 0.05) is 18.2 Å². The van der Waals surface area contributed by atoms with Gasteiger partial charge in [0.25, 0.3) is 0 Å². The molecule has 0 saturated carbocycles. The average molecular weight is 354 g/mol. The Labute approximate surface area is 152 Å². The van der Waals surface area contributed by atoms with Crippen LogP contribution in [-0.4, -0.2) is 23.9 Å². The van der Waals surface area contributed by atoms with Crippen molar-refractivity contribution in [1.82, 2.24) is 16.1 Å². The number of ether oxygens (including phenoxy) is 1. The summed E-state index contributed by atoms with van der Waals surface area (Å²) in [6.07, 6.45) is 0. The molecule has 2 amide bonds. The molecule has 1 heterocycles. The van der Waals surface area contributed by atoms with E-state index >= 15 is 0 Å². The summed E-state index contributed by atoms with van der Waals surface area (Å²) < 4.78 is 5.99. The summed E-state index contributed by atoms with van der Waals surface area (Å²) in [6.45, 7) is 5.73. The molecule has 7 nitrogen and oxygen atoms in total. The third-order valence-electron chi connectivity index (χ3n) is 4.39. The fourth-order valence-corrected chi connectivity index (χ4v) is 2.80. The number of rotatable bonds is 5. The molecule has 3 rings (SSSR count). The maximum atomic E-state index is 12.3. The average Bonchev–Trinajstić information content (AvgIpc) is 2.93. The Hall–Kier alpha value is -2.90. The monoisotopic (exact) mass is 354 g/mol. The van der Waals surface area contributed by atoms with Gasteiger partial charge in [0.15, 0.2) is 5.78 Å². The molecular formula is C19H22N4O3. The van der Waals surface area contributed by atoms with Gasteiger partial charge in [-0.15, -0.1) is 11.1 Å². The third kappa shape index (κ3) is 3.40. The van der Waals surface area contributed by atoms with Crippen LogP contribution in [0, 0.1) is 13.8 Å². The SMILES string of the molecule is CC(=O)c1ccc(OCc2c(C)cccc2N2NNN(C)C2=O)c(C)c1. The fraction of sp³-hybridized carbons (Fsp3) is 0.263. The van der Waals surface area contributed by atoms with E-state index in [-0.39, 0.29) is 11.8 Å². The summed E-state index contributed by atoms with van der Waals surface area (Å²) in [7, 11) is 1.64. The smallest absolute Gasteiger partial charge is 0.355 e. The third-order valence-corrected chi connectivity index (χ3v) is 4.39. The van der Waals surface area contributed by atoms with Gasteiger partial charge in [0.05, 0.1) is 5.69 Å². The Morgan fingerprint density at radius 1 is 1.12 bits per heavy atom. The minimum Gasteiger partial charge on any atom is -0.489 e. The first kappa shape index (κ1) is 17.9. The number of carbonyl (C=O) groups is 2. The number of benzene rings is 2. The van der Waals surface area contributed by atoms with Crippen molar-refractivity contribution in [3.05, 3.63) is 58.7 Å². The van der Waals surface area contributed by atoms with Crippen molar-refractivity contribution in [2.24, 2.45) is 0 Å². The quantitative estimate of drug-likeness (QED) is 0.808. The molecular weight excluding hydrogens is 332 g/mol. The van der Waals surface area contributed by atoms with Crippen LogP contribution in [0.15, 0.2) is 36.4 Å². The number of anilines is 1. The van der Waals surface area contributed by atoms with Crippen molar-refractivity contribution in [1.29, 1.82) is 0 Å². The number of hydrogen-bond acceptors (Lipinski definition) is 5. The lowest BCUT2D eigenvalue weighted by Gasteiger charge is -2.20. The van der Waals surface area contributed by atoms with Crippen LogP contribution in [0.2, 0.25) is 0 Å². The number of Topliss-reactive ketones (excluding diaryl/α,β-unsaturated/α-hetero) is 1. The minimum absolute atomic E-state index is 0.0241. The van der Waals surface area contributed by atoms with E-state index in [1.54, 1.807) is 26.1 Å². The molecule has 0 bridgehead atoms. The van der Waals surface area contributed by atoms with E-state index in [1.807, 2.05) is 38.1 Å². The second kappa shape index (κ2) is 7.15. The highest BCUT2D eigenvalue weighted by Crippen LogP contribution is 2.27. The molecule has 1 aliphatic rings. The number of amides is 2. The van der Waals surface area contributed by atoms with E-state index in [9.17, 15) is 9.59 Å². The Morgan fingerprint density at radius 2 is 1.88 bits per heavy atom. The van der Waals surface area contributed by atoms with E-state index in [2.05, 4.69) is 11.1 Å². The molecule has 0 atom stereocenters. The van der Waals surface area contributed by atoms with E-state index in [0.29, 0.717) is 17.9 Å². The Balaban J connectivity index is 1.85. The largest absolute Gasteiger partial charge is 0.489 e. The zero-order valence-electron chi connectivity index (χ0n) is 15.3. The Morgan fingerprint density at radius 3 is 2.50 bits per heavy atom. The number of nitrogens with zero attached hydrogens (tertiary/aromatic N) is 2. The van der Waals surface area contributed by atoms with Crippen LogP contribution in [0.3, 0.4) is 0 Å². The van der Waals surface area contributed by atoms with Crippen molar-refractivity contribution in [3.63, 3.8) is 0 Å². The minimum atomic E-state index is -0.209. The summed E-state index contributed by atoms with van der Waals surface area (Å²) in [5, 5.41) is 2.80. The molecule has 2 aromatic rings. The van der Waals surface area contributed by atoms with E-state index in [1.165, 1.54) is 10.0 Å². The second-order valence-electron chi connectivity index (χ2n) is 6.30. The van der Waals surface area contributed by atoms with Gasteiger partial charge >= 0.3 is 6.03 Å². The molecule has 0 spiro atoms. The fourth-order valence-electron chi connectivity index (χ4n) is 2.80. The normalized spacial score (nSPS) is 14.1. The van der Waals surface area contributed by atoms with E-state index in [0.717, 1.165) is 22.4 Å². The summed E-state index contributed by atoms with van der Waals surface area (Å²) in [4.78, 5) is 23.7. The first-order valence-electron chi connectivity index (χ1n) is 8.30. The standard InChI is InChI=1S/C19H22N4O3/c1-12-6-5-7-17(23-19(25)22(4)20-21-23)16(12)11-26-18-9-8-15(14(3)24)10-13(18)2/h5-10,20-21H,11H2,1-4H3. The number of hydrogen-bond donors (Lipinski definition) is 2. The molecule has 0 unspecified atom stereocenters. The number of nitrogens with one attached hydrogen (secondary N) is 2. The molecule has 2 N–H and O–H groups in total. The zero-order valence-corrected chi connectivity index (χ0v) is 15.3. The molecule has 1 saturated heterocycles. The molecule has 0 aromatic heterocycles. The lowest BCUT2D eigenvalue weighted by Crippen LogP contribution is -2.38. The van der Waals surface area contributed by atoms with Gasteiger partial charge in [0.2, 0.25) is 0 Å². The van der Waals surface area contributed by atoms with Crippen molar-refractivity contribution in [2.75, 3.05) is 12.1 Å². The molecule has 0 radical (unpaired) electrons. The summed E-state index contributed by atoms with van der Waals surface area (Å²) in [5.41, 5.74) is 9.79. The maximum absolute atomic E-state index is 12.3. The number of carbonyl (C=O) groups excluding carboxylic acids is 2. The predicted octanol–water partition coefficient (Wildman–Crippen LogP) is 2.88. The van der Waals surface area contributed by atoms with E-state index < -0.39 is 0 Å². The Kier molecular flexibility index (Phi) is 4.92. The van der Waals surface area contributed by atoms with Crippen molar-refractivity contribution in [3.8, 4) is 5.75 Å². The Bertz CT molecular complexity index is 866. The highest BCUT2D eigenvalue weighted by Gasteiger charge is 2.28. The number of aryl methyl sites for hydroxylation is 2. The molecule has 7 heteroatoms. The van der Waals surface area contributed by atoms with Gasteiger partial charge in [-0.3, -0.25) is 4.79 Å². The van der Waals surface area contributed by atoms with Crippen molar-refractivity contribution >= 4 is 17.5 Å². The van der Waals surface area contributed by atoms with Gasteiger partial charge in [-0.1, -0.05) is 12.1 Å². The van der Waals surface area contributed by atoms with Gasteiger partial charge in [-0.2, -0.15) is 0 Å². The summed E-state index contributed by atoms with van der Waals surface area (Å²) in [5.74, 6) is 0.733. The first-order valence-corrected chi connectivity index (χ1v) is 8.30. The number of ketones is 1. The second-order valence-corrected chi connectivity index (χ2v) is 6.30. The van der Waals surface area contributed by atoms with Gasteiger partial charge in [0.1, 0.15) is 12.4 Å². The first-order chi connectivity index (χ1) is 12.4. The lowest BCUT2D eigenvalue weighted by atomic mass is 10.1. The summed E-state index contributed by atoms with van der Waals surface area (Å²) >= 11 is 0.